The number of amides is 1. The summed E-state index contributed by atoms with van der Waals surface area (Å²) >= 11 is 12.0. The number of aliphatic hydroxyl groups excluding tert-OH is 1. The highest BCUT2D eigenvalue weighted by atomic mass is 35.5. The third kappa shape index (κ3) is 6.04. The molecule has 0 aliphatic rings. The fourth-order valence-electron chi connectivity index (χ4n) is 3.03. The van der Waals surface area contributed by atoms with Gasteiger partial charge in [-0.2, -0.15) is 0 Å². The summed E-state index contributed by atoms with van der Waals surface area (Å²) in [4.78, 5) is 13.8. The monoisotopic (exact) mass is 488 g/mol. The van der Waals surface area contributed by atoms with Crippen LogP contribution in [0.4, 0.5) is 10.5 Å². The number of carbonyl (C=O) groups is 1. The van der Waals surface area contributed by atoms with Gasteiger partial charge in [-0.1, -0.05) is 29.3 Å². The summed E-state index contributed by atoms with van der Waals surface area (Å²) in [6.45, 7) is 5.62. The van der Waals surface area contributed by atoms with Crippen molar-refractivity contribution in [1.82, 2.24) is 4.90 Å². The Morgan fingerprint density at radius 3 is 2.19 bits per heavy atom. The molecule has 2 aromatic rings. The highest BCUT2D eigenvalue weighted by Gasteiger charge is 2.32. The molecule has 0 saturated carbocycles. The summed E-state index contributed by atoms with van der Waals surface area (Å²) in [7, 11) is -4.10. The highest BCUT2D eigenvalue weighted by Crippen LogP contribution is 2.32. The maximum atomic E-state index is 13.6. The largest absolute Gasteiger partial charge is 0.447 e. The molecule has 1 N–H and O–H groups in total. The molecule has 0 heterocycles. The van der Waals surface area contributed by atoms with Crippen LogP contribution in [0.15, 0.2) is 47.4 Å². The number of carbonyl (C=O) groups excluding carboxylic acids is 1. The standard InChI is InChI=1S/C21H26Cl2N2O5S/c1-4-24(5-2)21(27)30-14-15(3)25(20-12-18(23)7-6-16(20)13-26)31(28,29)19-10-8-17(22)9-11-19/h6-12,15,26H,4-5,13-14H2,1-3H3/t15-/m1/s1. The van der Waals surface area contributed by atoms with E-state index in [9.17, 15) is 18.3 Å². The number of rotatable bonds is 9. The summed E-state index contributed by atoms with van der Waals surface area (Å²) in [5.74, 6) is 0. The van der Waals surface area contributed by atoms with E-state index < -0.39 is 28.8 Å². The SMILES string of the molecule is CCN(CC)C(=O)OC[C@@H](C)N(c1cc(Cl)ccc1CO)S(=O)(=O)c1ccc(Cl)cc1. The summed E-state index contributed by atoms with van der Waals surface area (Å²) < 4.78 is 33.6. The summed E-state index contributed by atoms with van der Waals surface area (Å²) in [6.07, 6.45) is -0.533. The predicted molar refractivity (Wildman–Crippen MR) is 122 cm³/mol. The van der Waals surface area contributed by atoms with E-state index in [2.05, 4.69) is 0 Å². The molecule has 0 bridgehead atoms. The number of hydrogen-bond donors (Lipinski definition) is 1. The van der Waals surface area contributed by atoms with Crippen LogP contribution < -0.4 is 4.31 Å². The normalized spacial score (nSPS) is 12.3. The van der Waals surface area contributed by atoms with Crippen molar-refractivity contribution in [3.63, 3.8) is 0 Å². The van der Waals surface area contributed by atoms with Gasteiger partial charge in [0, 0.05) is 28.7 Å². The van der Waals surface area contributed by atoms with Crippen LogP contribution in [0.2, 0.25) is 10.0 Å². The van der Waals surface area contributed by atoms with E-state index in [1.807, 2.05) is 13.8 Å². The van der Waals surface area contributed by atoms with Crippen LogP contribution in [0, 0.1) is 0 Å². The Bertz CT molecular complexity index is 995. The van der Waals surface area contributed by atoms with Gasteiger partial charge in [0.1, 0.15) is 6.61 Å². The lowest BCUT2D eigenvalue weighted by Gasteiger charge is -2.32. The number of ether oxygens (including phenoxy) is 1. The molecule has 0 aliphatic carbocycles. The Kier molecular flexibility index (Phi) is 9.00. The summed E-state index contributed by atoms with van der Waals surface area (Å²) in [5, 5.41) is 10.5. The van der Waals surface area contributed by atoms with E-state index in [1.54, 1.807) is 19.1 Å². The van der Waals surface area contributed by atoms with Gasteiger partial charge in [-0.3, -0.25) is 4.31 Å². The molecule has 0 aromatic heterocycles. The number of aliphatic hydroxyl groups is 1. The van der Waals surface area contributed by atoms with Gasteiger partial charge in [-0.25, -0.2) is 13.2 Å². The van der Waals surface area contributed by atoms with Crippen LogP contribution >= 0.6 is 23.2 Å². The van der Waals surface area contributed by atoms with Gasteiger partial charge in [0.05, 0.1) is 23.2 Å². The minimum absolute atomic E-state index is 0.00249. The van der Waals surface area contributed by atoms with Crippen molar-refractivity contribution < 1.29 is 23.1 Å². The van der Waals surface area contributed by atoms with Crippen molar-refractivity contribution in [2.24, 2.45) is 0 Å². The van der Waals surface area contributed by atoms with Gasteiger partial charge in [0.2, 0.25) is 0 Å². The smallest absolute Gasteiger partial charge is 0.409 e. The van der Waals surface area contributed by atoms with Crippen molar-refractivity contribution in [3.05, 3.63) is 58.1 Å². The van der Waals surface area contributed by atoms with E-state index in [1.165, 1.54) is 35.2 Å². The molecule has 1 amide bonds. The quantitative estimate of drug-likeness (QED) is 0.559. The van der Waals surface area contributed by atoms with Crippen molar-refractivity contribution >= 4 is 45.0 Å². The van der Waals surface area contributed by atoms with Crippen LogP contribution in [0.3, 0.4) is 0 Å². The van der Waals surface area contributed by atoms with E-state index in [-0.39, 0.29) is 17.2 Å². The number of anilines is 1. The van der Waals surface area contributed by atoms with E-state index in [0.717, 1.165) is 4.31 Å². The molecule has 0 radical (unpaired) electrons. The molecule has 0 saturated heterocycles. The molecule has 0 unspecified atom stereocenters. The van der Waals surface area contributed by atoms with Crippen LogP contribution in [0.25, 0.3) is 0 Å². The zero-order valence-electron chi connectivity index (χ0n) is 17.6. The Balaban J connectivity index is 2.49. The molecule has 0 aliphatic heterocycles. The molecule has 2 rings (SSSR count). The van der Waals surface area contributed by atoms with Gasteiger partial charge in [-0.15, -0.1) is 0 Å². The highest BCUT2D eigenvalue weighted by molar-refractivity contribution is 7.92. The van der Waals surface area contributed by atoms with Gasteiger partial charge in [-0.05, 0) is 57.2 Å². The van der Waals surface area contributed by atoms with Gasteiger partial charge in [0.25, 0.3) is 10.0 Å². The minimum atomic E-state index is -4.10. The Labute approximate surface area is 193 Å². The molecule has 2 aromatic carbocycles. The first-order valence-corrected chi connectivity index (χ1v) is 12.0. The number of benzene rings is 2. The van der Waals surface area contributed by atoms with E-state index in [0.29, 0.717) is 28.7 Å². The zero-order chi connectivity index (χ0) is 23.2. The molecule has 0 spiro atoms. The first kappa shape index (κ1) is 25.3. The molecule has 0 fully saturated rings. The average Bonchev–Trinajstić information content (AvgIpc) is 2.73. The maximum absolute atomic E-state index is 13.6. The molecular weight excluding hydrogens is 463 g/mol. The number of halogens is 2. The Morgan fingerprint density at radius 2 is 1.65 bits per heavy atom. The lowest BCUT2D eigenvalue weighted by molar-refractivity contribution is 0.102. The van der Waals surface area contributed by atoms with Crippen molar-refractivity contribution in [2.75, 3.05) is 24.0 Å². The summed E-state index contributed by atoms with van der Waals surface area (Å²) in [5.41, 5.74) is 0.570. The number of sulfonamides is 1. The number of hydrogen-bond acceptors (Lipinski definition) is 5. The van der Waals surface area contributed by atoms with Gasteiger partial charge >= 0.3 is 6.09 Å². The first-order valence-electron chi connectivity index (χ1n) is 9.76. The second-order valence-corrected chi connectivity index (χ2v) is 9.47. The van der Waals surface area contributed by atoms with Crippen LogP contribution in [-0.2, 0) is 21.4 Å². The first-order chi connectivity index (χ1) is 14.6. The van der Waals surface area contributed by atoms with Gasteiger partial charge < -0.3 is 14.7 Å². The second kappa shape index (κ2) is 11.0. The fraction of sp³-hybridized carbons (Fsp3) is 0.381. The predicted octanol–water partition coefficient (Wildman–Crippen LogP) is 4.55. The summed E-state index contributed by atoms with van der Waals surface area (Å²) in [6, 6.07) is 9.52. The van der Waals surface area contributed by atoms with Crippen molar-refractivity contribution in [1.29, 1.82) is 0 Å². The molecule has 10 heteroatoms. The topological polar surface area (TPSA) is 87.2 Å². The van der Waals surface area contributed by atoms with Crippen LogP contribution in [-0.4, -0.2) is 50.3 Å². The van der Waals surface area contributed by atoms with Crippen molar-refractivity contribution in [3.8, 4) is 0 Å². The number of nitrogens with zero attached hydrogens (tertiary/aromatic N) is 2. The Hall–Kier alpha value is -2.00. The van der Waals surface area contributed by atoms with Crippen LogP contribution in [0.1, 0.15) is 26.3 Å². The molecule has 31 heavy (non-hydrogen) atoms. The lowest BCUT2D eigenvalue weighted by Crippen LogP contribution is -2.43. The van der Waals surface area contributed by atoms with Crippen LogP contribution in [0.5, 0.6) is 0 Å². The van der Waals surface area contributed by atoms with E-state index >= 15 is 0 Å². The lowest BCUT2D eigenvalue weighted by atomic mass is 10.1. The fourth-order valence-corrected chi connectivity index (χ4v) is 5.00. The Morgan fingerprint density at radius 1 is 1.06 bits per heavy atom. The minimum Gasteiger partial charge on any atom is -0.447 e. The van der Waals surface area contributed by atoms with Gasteiger partial charge in [0.15, 0.2) is 0 Å². The molecular formula is C21H26Cl2N2O5S. The third-order valence-electron chi connectivity index (χ3n) is 4.70. The molecule has 170 valence electrons. The van der Waals surface area contributed by atoms with E-state index in [4.69, 9.17) is 27.9 Å². The average molecular weight is 489 g/mol. The zero-order valence-corrected chi connectivity index (χ0v) is 19.9. The molecule has 1 atom stereocenters. The van der Waals surface area contributed by atoms with Crippen molar-refractivity contribution in [2.45, 2.75) is 38.3 Å². The molecule has 7 nitrogen and oxygen atoms in total. The third-order valence-corrected chi connectivity index (χ3v) is 7.12. The second-order valence-electron chi connectivity index (χ2n) is 6.78. The maximum Gasteiger partial charge on any atom is 0.409 e.